The van der Waals surface area contributed by atoms with Gasteiger partial charge < -0.3 is 4.98 Å². The van der Waals surface area contributed by atoms with Crippen molar-refractivity contribution in [3.8, 4) is 0 Å². The van der Waals surface area contributed by atoms with Gasteiger partial charge in [0.15, 0.2) is 0 Å². The summed E-state index contributed by atoms with van der Waals surface area (Å²) >= 11 is 6.43. The van der Waals surface area contributed by atoms with Crippen LogP contribution >= 0.6 is 11.1 Å². The Hall–Kier alpha value is 0.467. The van der Waals surface area contributed by atoms with Gasteiger partial charge in [-0.1, -0.05) is 33.6 Å². The van der Waals surface area contributed by atoms with Crippen molar-refractivity contribution in [1.82, 2.24) is 4.98 Å². The Morgan fingerprint density at radius 3 is 2.27 bits per heavy atom. The minimum absolute atomic E-state index is 1.02. The van der Waals surface area contributed by atoms with Crippen molar-refractivity contribution >= 4 is 18.6 Å². The lowest BCUT2D eigenvalue weighted by atomic mass is 10.4. The third kappa shape index (κ3) is 4.83. The van der Waals surface area contributed by atoms with Crippen LogP contribution in [0.1, 0.15) is 33.6 Å². The van der Waals surface area contributed by atoms with E-state index in [2.05, 4.69) is 25.8 Å². The van der Waals surface area contributed by atoms with Crippen LogP contribution in [0.25, 0.3) is 0 Å². The van der Waals surface area contributed by atoms with Crippen LogP contribution in [0.5, 0.6) is 0 Å². The molecule has 1 atom stereocenters. The molecule has 0 spiro atoms. The Kier molecular flexibility index (Phi) is 6.29. The first-order valence-electron chi connectivity index (χ1n) is 4.62. The van der Waals surface area contributed by atoms with E-state index in [0.717, 1.165) is 12.6 Å². The molecule has 0 fully saturated rings. The summed E-state index contributed by atoms with van der Waals surface area (Å²) < 4.78 is 0. The highest BCUT2D eigenvalue weighted by Gasteiger charge is 2.26. The number of halogens is 1. The van der Waals surface area contributed by atoms with Gasteiger partial charge in [-0.05, 0) is 18.6 Å². The molecule has 0 aromatic heterocycles. The maximum Gasteiger partial charge on any atom is 0.226 e. The molecule has 0 bridgehead atoms. The van der Waals surface area contributed by atoms with Crippen molar-refractivity contribution in [2.75, 3.05) is 6.54 Å². The fourth-order valence-electron chi connectivity index (χ4n) is 1.16. The van der Waals surface area contributed by atoms with Gasteiger partial charge in [-0.3, -0.25) is 0 Å². The van der Waals surface area contributed by atoms with Gasteiger partial charge >= 0.3 is 0 Å². The highest BCUT2D eigenvalue weighted by atomic mass is 35.6. The first-order chi connectivity index (χ1) is 5.18. The third-order valence-corrected chi connectivity index (χ3v) is 7.00. The molecule has 0 aliphatic carbocycles. The van der Waals surface area contributed by atoms with Crippen molar-refractivity contribution in [3.05, 3.63) is 0 Å². The largest absolute Gasteiger partial charge is 0.326 e. The van der Waals surface area contributed by atoms with Crippen LogP contribution in [-0.2, 0) is 0 Å². The molecule has 68 valence electrons. The summed E-state index contributed by atoms with van der Waals surface area (Å²) in [7, 11) is -1.52. The lowest BCUT2D eigenvalue weighted by Gasteiger charge is -2.22. The molecular weight excluding hydrogens is 174 g/mol. The Morgan fingerprint density at radius 1 is 1.27 bits per heavy atom. The van der Waals surface area contributed by atoms with Crippen molar-refractivity contribution in [1.29, 1.82) is 0 Å². The molecule has 0 radical (unpaired) electrons. The van der Waals surface area contributed by atoms with Gasteiger partial charge in [0, 0.05) is 0 Å². The molecule has 0 aliphatic heterocycles. The summed E-state index contributed by atoms with van der Waals surface area (Å²) in [5.41, 5.74) is 0. The highest BCUT2D eigenvalue weighted by molar-refractivity contribution is 7.18. The molecule has 0 saturated carbocycles. The molecule has 0 heterocycles. The van der Waals surface area contributed by atoms with Crippen molar-refractivity contribution in [2.24, 2.45) is 0 Å². The fraction of sp³-hybridized carbons (Fsp3) is 1.00. The zero-order chi connectivity index (χ0) is 8.74. The van der Waals surface area contributed by atoms with E-state index < -0.39 is 7.55 Å². The van der Waals surface area contributed by atoms with Crippen molar-refractivity contribution < 1.29 is 0 Å². The van der Waals surface area contributed by atoms with Gasteiger partial charge in [0.1, 0.15) is 0 Å². The smallest absolute Gasteiger partial charge is 0.226 e. The summed E-state index contributed by atoms with van der Waals surface area (Å²) in [6, 6.07) is 2.36. The maximum atomic E-state index is 6.43. The summed E-state index contributed by atoms with van der Waals surface area (Å²) in [5, 5.41) is 0. The number of hydrogen-bond acceptors (Lipinski definition) is 1. The lowest BCUT2D eigenvalue weighted by molar-refractivity contribution is 0.841. The second-order valence-electron chi connectivity index (χ2n) is 2.95. The van der Waals surface area contributed by atoms with E-state index in [1.54, 1.807) is 0 Å². The van der Waals surface area contributed by atoms with E-state index in [0.29, 0.717) is 0 Å². The van der Waals surface area contributed by atoms with E-state index in [-0.39, 0.29) is 0 Å². The second-order valence-corrected chi connectivity index (χ2v) is 8.61. The number of nitrogens with one attached hydrogen (secondary N) is 1. The zero-order valence-electron chi connectivity index (χ0n) is 7.91. The van der Waals surface area contributed by atoms with E-state index in [4.69, 9.17) is 11.1 Å². The van der Waals surface area contributed by atoms with Gasteiger partial charge in [-0.25, -0.2) is 0 Å². The SMILES string of the molecule is CCCC[Si](Cl)(CC)NCC. The Balaban J connectivity index is 3.68. The fourth-order valence-corrected chi connectivity index (χ4v) is 4.29. The maximum absolute atomic E-state index is 6.43. The van der Waals surface area contributed by atoms with E-state index in [1.807, 2.05) is 0 Å². The summed E-state index contributed by atoms with van der Waals surface area (Å²) in [6.07, 6.45) is 2.53. The molecule has 11 heavy (non-hydrogen) atoms. The summed E-state index contributed by atoms with van der Waals surface area (Å²) in [4.78, 5) is 3.45. The predicted molar refractivity (Wildman–Crippen MR) is 55.5 cm³/mol. The first kappa shape index (κ1) is 11.5. The van der Waals surface area contributed by atoms with E-state index >= 15 is 0 Å². The van der Waals surface area contributed by atoms with Crippen molar-refractivity contribution in [3.63, 3.8) is 0 Å². The average Bonchev–Trinajstić information content (AvgIpc) is 2.02. The summed E-state index contributed by atoms with van der Waals surface area (Å²) in [6.45, 7) is 7.56. The molecule has 0 aliphatic rings. The van der Waals surface area contributed by atoms with Crippen molar-refractivity contribution in [2.45, 2.75) is 45.7 Å². The van der Waals surface area contributed by atoms with E-state index in [9.17, 15) is 0 Å². The molecule has 0 rings (SSSR count). The monoisotopic (exact) mass is 193 g/mol. The molecule has 0 saturated heterocycles. The molecule has 1 N–H and O–H groups in total. The quantitative estimate of drug-likeness (QED) is 0.505. The molecule has 1 nitrogen and oxygen atoms in total. The van der Waals surface area contributed by atoms with Gasteiger partial charge in [-0.15, -0.1) is 11.1 Å². The van der Waals surface area contributed by atoms with Crippen LogP contribution in [0.4, 0.5) is 0 Å². The molecular formula is C8H20ClNSi. The first-order valence-corrected chi connectivity index (χ1v) is 8.05. The number of hydrogen-bond donors (Lipinski definition) is 1. The van der Waals surface area contributed by atoms with Crippen LogP contribution in [0.2, 0.25) is 12.1 Å². The molecule has 1 unspecified atom stereocenters. The summed E-state index contributed by atoms with van der Waals surface area (Å²) in [5.74, 6) is 0. The van der Waals surface area contributed by atoms with Gasteiger partial charge in [-0.2, -0.15) is 0 Å². The van der Waals surface area contributed by atoms with Crippen LogP contribution in [-0.4, -0.2) is 14.1 Å². The standard InChI is InChI=1S/C8H20ClNSi/c1-4-7-8-11(9,6-3)10-5-2/h10H,4-8H2,1-3H3. The second kappa shape index (κ2) is 6.04. The zero-order valence-corrected chi connectivity index (χ0v) is 9.67. The van der Waals surface area contributed by atoms with Gasteiger partial charge in [0.2, 0.25) is 7.55 Å². The Labute approximate surface area is 76.3 Å². The van der Waals surface area contributed by atoms with Crippen LogP contribution < -0.4 is 4.98 Å². The third-order valence-electron chi connectivity index (χ3n) is 1.98. The Bertz CT molecular complexity index is 100. The minimum atomic E-state index is -1.52. The normalized spacial score (nSPS) is 16.4. The average molecular weight is 194 g/mol. The number of rotatable bonds is 6. The van der Waals surface area contributed by atoms with Gasteiger partial charge in [0.25, 0.3) is 0 Å². The van der Waals surface area contributed by atoms with Crippen LogP contribution in [0.3, 0.4) is 0 Å². The molecule has 0 amide bonds. The van der Waals surface area contributed by atoms with E-state index in [1.165, 1.54) is 18.9 Å². The lowest BCUT2D eigenvalue weighted by Crippen LogP contribution is -2.44. The Morgan fingerprint density at radius 2 is 1.91 bits per heavy atom. The predicted octanol–water partition coefficient (Wildman–Crippen LogP) is 3.10. The minimum Gasteiger partial charge on any atom is -0.326 e. The van der Waals surface area contributed by atoms with Crippen LogP contribution in [0, 0.1) is 0 Å². The number of unbranched alkanes of at least 4 members (excludes halogenated alkanes) is 1. The molecule has 0 aromatic rings. The van der Waals surface area contributed by atoms with Gasteiger partial charge in [0.05, 0.1) is 0 Å². The van der Waals surface area contributed by atoms with Crippen LogP contribution in [0.15, 0.2) is 0 Å². The molecule has 0 aromatic carbocycles. The highest BCUT2D eigenvalue weighted by Crippen LogP contribution is 2.19. The topological polar surface area (TPSA) is 12.0 Å². The molecule has 3 heteroatoms.